The second-order valence-electron chi connectivity index (χ2n) is 8.05. The van der Waals surface area contributed by atoms with Crippen LogP contribution < -0.4 is 10.6 Å². The van der Waals surface area contributed by atoms with E-state index in [0.29, 0.717) is 6.42 Å². The summed E-state index contributed by atoms with van der Waals surface area (Å²) in [6, 6.07) is 20.0. The third kappa shape index (κ3) is 6.63. The van der Waals surface area contributed by atoms with Crippen molar-refractivity contribution < 1.29 is 24.6 Å². The lowest BCUT2D eigenvalue weighted by Gasteiger charge is -2.24. The van der Waals surface area contributed by atoms with E-state index in [9.17, 15) is 24.6 Å². The molecule has 3 rings (SSSR count). The van der Waals surface area contributed by atoms with Crippen LogP contribution in [-0.2, 0) is 27.2 Å². The fourth-order valence-corrected chi connectivity index (χ4v) is 3.77. The van der Waals surface area contributed by atoms with Crippen LogP contribution in [0.3, 0.4) is 0 Å². The van der Waals surface area contributed by atoms with Gasteiger partial charge in [0.25, 0.3) is 0 Å². The number of hydrogen-bond acceptors (Lipinski definition) is 4. The van der Waals surface area contributed by atoms with Crippen LogP contribution in [0.5, 0.6) is 0 Å². The minimum Gasteiger partial charge on any atom is -0.480 e. The SMILES string of the molecule is C[C@H](NC(=O)C(Cc1cccc2ccccc12)N[C@@H](CCc1ccccc1)C(=O)O)C(=O)O. The van der Waals surface area contributed by atoms with E-state index in [1.165, 1.54) is 6.92 Å². The van der Waals surface area contributed by atoms with E-state index in [0.717, 1.165) is 21.9 Å². The summed E-state index contributed by atoms with van der Waals surface area (Å²) in [5, 5.41) is 26.4. The van der Waals surface area contributed by atoms with Gasteiger partial charge in [-0.1, -0.05) is 72.8 Å². The number of benzene rings is 3. The summed E-state index contributed by atoms with van der Waals surface area (Å²) in [5.41, 5.74) is 1.87. The van der Waals surface area contributed by atoms with Crippen LogP contribution in [0.1, 0.15) is 24.5 Å². The topological polar surface area (TPSA) is 116 Å². The van der Waals surface area contributed by atoms with Crippen molar-refractivity contribution in [2.45, 2.75) is 44.3 Å². The molecule has 7 nitrogen and oxygen atoms in total. The van der Waals surface area contributed by atoms with Gasteiger partial charge in [-0.3, -0.25) is 19.7 Å². The molecule has 0 aromatic heterocycles. The first-order valence-electron chi connectivity index (χ1n) is 10.9. The molecule has 0 saturated carbocycles. The summed E-state index contributed by atoms with van der Waals surface area (Å²) in [4.78, 5) is 36.2. The highest BCUT2D eigenvalue weighted by Crippen LogP contribution is 2.20. The van der Waals surface area contributed by atoms with Crippen molar-refractivity contribution in [3.8, 4) is 0 Å². The molecule has 1 amide bonds. The van der Waals surface area contributed by atoms with E-state index in [1.54, 1.807) is 0 Å². The lowest BCUT2D eigenvalue weighted by Crippen LogP contribution is -2.54. The molecule has 0 bridgehead atoms. The van der Waals surface area contributed by atoms with E-state index in [2.05, 4.69) is 10.6 Å². The molecule has 0 heterocycles. The second kappa shape index (κ2) is 11.2. The van der Waals surface area contributed by atoms with Gasteiger partial charge in [-0.25, -0.2) is 0 Å². The van der Waals surface area contributed by atoms with Gasteiger partial charge in [0, 0.05) is 0 Å². The van der Waals surface area contributed by atoms with Crippen molar-refractivity contribution in [1.29, 1.82) is 0 Å². The Morgan fingerprint density at radius 1 is 0.818 bits per heavy atom. The Bertz CT molecular complexity index is 1110. The molecular weight excluding hydrogens is 420 g/mol. The first kappa shape index (κ1) is 23.9. The van der Waals surface area contributed by atoms with Crippen molar-refractivity contribution in [3.63, 3.8) is 0 Å². The summed E-state index contributed by atoms with van der Waals surface area (Å²) >= 11 is 0. The minimum absolute atomic E-state index is 0.217. The largest absolute Gasteiger partial charge is 0.480 e. The maximum atomic E-state index is 13.0. The van der Waals surface area contributed by atoms with E-state index < -0.39 is 36.0 Å². The third-order valence-corrected chi connectivity index (χ3v) is 5.61. The molecular formula is C26H28N2O5. The fourth-order valence-electron chi connectivity index (χ4n) is 3.77. The first-order valence-corrected chi connectivity index (χ1v) is 10.9. The highest BCUT2D eigenvalue weighted by Gasteiger charge is 2.28. The number of carbonyl (C=O) groups excluding carboxylic acids is 1. The molecule has 0 saturated heterocycles. The second-order valence-corrected chi connectivity index (χ2v) is 8.05. The summed E-state index contributed by atoms with van der Waals surface area (Å²) in [5.74, 6) is -2.78. The minimum atomic E-state index is -1.16. The fraction of sp³-hybridized carbons (Fsp3) is 0.269. The molecule has 4 N–H and O–H groups in total. The van der Waals surface area contributed by atoms with Gasteiger partial charge in [0.2, 0.25) is 5.91 Å². The zero-order chi connectivity index (χ0) is 23.8. The van der Waals surface area contributed by atoms with Gasteiger partial charge in [0.05, 0.1) is 6.04 Å². The van der Waals surface area contributed by atoms with Gasteiger partial charge >= 0.3 is 11.9 Å². The Morgan fingerprint density at radius 3 is 2.18 bits per heavy atom. The van der Waals surface area contributed by atoms with Crippen molar-refractivity contribution >= 4 is 28.6 Å². The molecule has 0 aliphatic heterocycles. The maximum absolute atomic E-state index is 13.0. The molecule has 7 heteroatoms. The molecule has 0 aliphatic rings. The van der Waals surface area contributed by atoms with Crippen LogP contribution in [0.15, 0.2) is 72.8 Å². The van der Waals surface area contributed by atoms with Gasteiger partial charge < -0.3 is 15.5 Å². The van der Waals surface area contributed by atoms with Crippen LogP contribution in [0, 0.1) is 0 Å². The van der Waals surface area contributed by atoms with Crippen LogP contribution in [-0.4, -0.2) is 46.2 Å². The van der Waals surface area contributed by atoms with Gasteiger partial charge in [-0.05, 0) is 48.1 Å². The van der Waals surface area contributed by atoms with Gasteiger partial charge in [-0.15, -0.1) is 0 Å². The van der Waals surface area contributed by atoms with Crippen molar-refractivity contribution in [1.82, 2.24) is 10.6 Å². The Balaban J connectivity index is 1.83. The Labute approximate surface area is 192 Å². The summed E-state index contributed by atoms with van der Waals surface area (Å²) in [6.07, 6.45) is 1.03. The van der Waals surface area contributed by atoms with Crippen LogP contribution in [0.4, 0.5) is 0 Å². The van der Waals surface area contributed by atoms with Gasteiger partial charge in [-0.2, -0.15) is 0 Å². The highest BCUT2D eigenvalue weighted by molar-refractivity contribution is 5.90. The standard InChI is InChI=1S/C26H28N2O5/c1-17(25(30)31)27-24(29)23(16-20-12-7-11-19-10-5-6-13-21(19)20)28-22(26(32)33)15-14-18-8-3-2-4-9-18/h2-13,17,22-23,28H,14-16H2,1H3,(H,27,29)(H,30,31)(H,32,33)/t17-,22-,23?/m0/s1. The number of carbonyl (C=O) groups is 3. The quantitative estimate of drug-likeness (QED) is 0.358. The van der Waals surface area contributed by atoms with Gasteiger partial charge in [0.1, 0.15) is 12.1 Å². The molecule has 172 valence electrons. The number of amides is 1. The number of fused-ring (bicyclic) bond motifs is 1. The summed E-state index contributed by atoms with van der Waals surface area (Å²) in [6.45, 7) is 1.37. The predicted octanol–water partition coefficient (Wildman–Crippen LogP) is 3.02. The Kier molecular flexibility index (Phi) is 8.16. The predicted molar refractivity (Wildman–Crippen MR) is 126 cm³/mol. The zero-order valence-electron chi connectivity index (χ0n) is 18.4. The molecule has 3 aromatic rings. The normalized spacial score (nSPS) is 13.7. The van der Waals surface area contributed by atoms with E-state index in [-0.39, 0.29) is 12.8 Å². The monoisotopic (exact) mass is 448 g/mol. The maximum Gasteiger partial charge on any atom is 0.325 e. The average Bonchev–Trinajstić information content (AvgIpc) is 2.81. The Hall–Kier alpha value is -3.71. The average molecular weight is 449 g/mol. The number of aliphatic carboxylic acids is 2. The van der Waals surface area contributed by atoms with Crippen molar-refractivity contribution in [3.05, 3.63) is 83.9 Å². The zero-order valence-corrected chi connectivity index (χ0v) is 18.4. The molecule has 0 fully saturated rings. The third-order valence-electron chi connectivity index (χ3n) is 5.61. The van der Waals surface area contributed by atoms with E-state index >= 15 is 0 Å². The number of nitrogens with one attached hydrogen (secondary N) is 2. The Morgan fingerprint density at radius 2 is 1.48 bits per heavy atom. The van der Waals surface area contributed by atoms with Crippen LogP contribution >= 0.6 is 0 Å². The molecule has 0 spiro atoms. The van der Waals surface area contributed by atoms with Crippen LogP contribution in [0.2, 0.25) is 0 Å². The smallest absolute Gasteiger partial charge is 0.325 e. The van der Waals surface area contributed by atoms with Crippen LogP contribution in [0.25, 0.3) is 10.8 Å². The highest BCUT2D eigenvalue weighted by atomic mass is 16.4. The number of rotatable bonds is 11. The molecule has 3 aromatic carbocycles. The van der Waals surface area contributed by atoms with Crippen molar-refractivity contribution in [2.75, 3.05) is 0 Å². The summed E-state index contributed by atoms with van der Waals surface area (Å²) in [7, 11) is 0. The number of carboxylic acids is 2. The molecule has 33 heavy (non-hydrogen) atoms. The molecule has 1 unspecified atom stereocenters. The first-order chi connectivity index (χ1) is 15.8. The molecule has 3 atom stereocenters. The number of carboxylic acid groups (broad SMARTS) is 2. The molecule has 0 radical (unpaired) electrons. The van der Waals surface area contributed by atoms with E-state index in [4.69, 9.17) is 0 Å². The van der Waals surface area contributed by atoms with Gasteiger partial charge in [0.15, 0.2) is 0 Å². The van der Waals surface area contributed by atoms with Crippen molar-refractivity contribution in [2.24, 2.45) is 0 Å². The van der Waals surface area contributed by atoms with E-state index in [1.807, 2.05) is 72.8 Å². The lowest BCUT2D eigenvalue weighted by atomic mass is 9.97. The lowest BCUT2D eigenvalue weighted by molar-refractivity contribution is -0.143. The number of hydrogen-bond donors (Lipinski definition) is 4. The summed E-state index contributed by atoms with van der Waals surface area (Å²) < 4.78 is 0. The molecule has 0 aliphatic carbocycles. The number of aryl methyl sites for hydroxylation is 1.